The number of H-pyrrole nitrogens is 1. The summed E-state index contributed by atoms with van der Waals surface area (Å²) in [5.74, 6) is 1.77. The number of benzene rings is 1. The van der Waals surface area contributed by atoms with Gasteiger partial charge in [-0.25, -0.2) is 4.98 Å². The zero-order chi connectivity index (χ0) is 13.8. The van der Waals surface area contributed by atoms with Crippen LogP contribution in [0.1, 0.15) is 24.2 Å². The Bertz CT molecular complexity index is 617. The van der Waals surface area contributed by atoms with Crippen molar-refractivity contribution in [1.29, 1.82) is 5.26 Å². The maximum atomic E-state index is 8.95. The Morgan fingerprint density at radius 1 is 1.30 bits per heavy atom. The molecule has 0 aliphatic carbocycles. The maximum absolute atomic E-state index is 8.95. The highest BCUT2D eigenvalue weighted by Gasteiger charge is 2.15. The van der Waals surface area contributed by atoms with Crippen LogP contribution in [0.25, 0.3) is 11.3 Å². The second-order valence-corrected chi connectivity index (χ2v) is 5.33. The van der Waals surface area contributed by atoms with Gasteiger partial charge in [0.1, 0.15) is 5.82 Å². The van der Waals surface area contributed by atoms with Crippen molar-refractivity contribution in [2.75, 3.05) is 13.1 Å². The van der Waals surface area contributed by atoms with Crippen molar-refractivity contribution < 1.29 is 0 Å². The molecular weight excluding hydrogens is 248 g/mol. The molecule has 2 aromatic rings. The highest BCUT2D eigenvalue weighted by atomic mass is 14.9. The summed E-state index contributed by atoms with van der Waals surface area (Å²) in [6, 6.07) is 9.78. The van der Waals surface area contributed by atoms with Gasteiger partial charge in [0.2, 0.25) is 0 Å². The minimum atomic E-state index is 0.678. The number of piperidine rings is 1. The van der Waals surface area contributed by atoms with E-state index in [9.17, 15) is 0 Å². The van der Waals surface area contributed by atoms with E-state index in [0.29, 0.717) is 5.56 Å². The third kappa shape index (κ3) is 2.89. The van der Waals surface area contributed by atoms with Crippen molar-refractivity contribution in [1.82, 2.24) is 15.3 Å². The highest BCUT2D eigenvalue weighted by molar-refractivity contribution is 5.60. The maximum Gasteiger partial charge on any atom is 0.106 e. The monoisotopic (exact) mass is 266 g/mol. The van der Waals surface area contributed by atoms with Crippen LogP contribution in [0.5, 0.6) is 0 Å². The average Bonchev–Trinajstić information content (AvgIpc) is 2.97. The van der Waals surface area contributed by atoms with Gasteiger partial charge in [0.25, 0.3) is 0 Å². The molecule has 1 saturated heterocycles. The van der Waals surface area contributed by atoms with E-state index in [-0.39, 0.29) is 0 Å². The first-order valence-electron chi connectivity index (χ1n) is 7.10. The molecule has 0 unspecified atom stereocenters. The van der Waals surface area contributed by atoms with Gasteiger partial charge in [-0.2, -0.15) is 5.26 Å². The van der Waals surface area contributed by atoms with Gasteiger partial charge in [-0.15, -0.1) is 0 Å². The topological polar surface area (TPSA) is 64.5 Å². The Balaban J connectivity index is 1.74. The van der Waals surface area contributed by atoms with Crippen LogP contribution in [-0.4, -0.2) is 23.1 Å². The molecule has 1 aliphatic heterocycles. The summed E-state index contributed by atoms with van der Waals surface area (Å²) in [7, 11) is 0. The molecule has 0 radical (unpaired) electrons. The van der Waals surface area contributed by atoms with Crippen LogP contribution in [0.15, 0.2) is 30.5 Å². The van der Waals surface area contributed by atoms with Crippen LogP contribution < -0.4 is 5.32 Å². The normalized spacial score (nSPS) is 15.9. The van der Waals surface area contributed by atoms with Gasteiger partial charge in [0.05, 0.1) is 23.5 Å². The van der Waals surface area contributed by atoms with Gasteiger partial charge >= 0.3 is 0 Å². The van der Waals surface area contributed by atoms with Crippen molar-refractivity contribution in [2.24, 2.45) is 5.92 Å². The van der Waals surface area contributed by atoms with Crippen LogP contribution in [0.4, 0.5) is 0 Å². The SMILES string of the molecule is N#Cc1cccc(-c2cnc(CC3CCNCC3)[nH]2)c1. The number of nitrogens with zero attached hydrogens (tertiary/aromatic N) is 2. The molecule has 0 atom stereocenters. The number of hydrogen-bond donors (Lipinski definition) is 2. The van der Waals surface area contributed by atoms with E-state index in [1.54, 1.807) is 0 Å². The molecule has 4 nitrogen and oxygen atoms in total. The summed E-state index contributed by atoms with van der Waals surface area (Å²) in [6.45, 7) is 2.23. The van der Waals surface area contributed by atoms with Crippen molar-refractivity contribution in [3.8, 4) is 17.3 Å². The zero-order valence-electron chi connectivity index (χ0n) is 11.4. The Hall–Kier alpha value is -2.12. The van der Waals surface area contributed by atoms with E-state index in [1.165, 1.54) is 12.8 Å². The largest absolute Gasteiger partial charge is 0.342 e. The number of aromatic amines is 1. The molecule has 3 rings (SSSR count). The van der Waals surface area contributed by atoms with E-state index in [2.05, 4.69) is 21.4 Å². The summed E-state index contributed by atoms with van der Waals surface area (Å²) < 4.78 is 0. The van der Waals surface area contributed by atoms with Crippen molar-refractivity contribution >= 4 is 0 Å². The fourth-order valence-electron chi connectivity index (χ4n) is 2.73. The molecule has 0 spiro atoms. The lowest BCUT2D eigenvalue weighted by Gasteiger charge is -2.21. The Morgan fingerprint density at radius 2 is 2.15 bits per heavy atom. The molecule has 1 aromatic heterocycles. The number of aromatic nitrogens is 2. The second-order valence-electron chi connectivity index (χ2n) is 5.33. The lowest BCUT2D eigenvalue weighted by molar-refractivity contribution is 0.368. The lowest BCUT2D eigenvalue weighted by Crippen LogP contribution is -2.28. The Morgan fingerprint density at radius 3 is 2.95 bits per heavy atom. The Kier molecular flexibility index (Phi) is 3.80. The standard InChI is InChI=1S/C16H18N4/c17-10-13-2-1-3-14(8-13)15-11-19-16(20-15)9-12-4-6-18-7-5-12/h1-3,8,11-12,18H,4-7,9H2,(H,19,20). The van der Waals surface area contributed by atoms with Crippen molar-refractivity contribution in [3.63, 3.8) is 0 Å². The second kappa shape index (κ2) is 5.89. The number of imidazole rings is 1. The van der Waals surface area contributed by atoms with Gasteiger partial charge in [-0.05, 0) is 44.0 Å². The van der Waals surface area contributed by atoms with Crippen LogP contribution in [-0.2, 0) is 6.42 Å². The van der Waals surface area contributed by atoms with Gasteiger partial charge in [-0.1, -0.05) is 12.1 Å². The fourth-order valence-corrected chi connectivity index (χ4v) is 2.73. The van der Waals surface area contributed by atoms with Crippen molar-refractivity contribution in [2.45, 2.75) is 19.3 Å². The fraction of sp³-hybridized carbons (Fsp3) is 0.375. The average molecular weight is 266 g/mol. The Labute approximate surface area is 118 Å². The molecule has 2 N–H and O–H groups in total. The third-order valence-corrected chi connectivity index (χ3v) is 3.87. The van der Waals surface area contributed by atoms with E-state index in [4.69, 9.17) is 5.26 Å². The molecule has 1 aliphatic rings. The number of rotatable bonds is 3. The summed E-state index contributed by atoms with van der Waals surface area (Å²) in [6.07, 6.45) is 5.33. The first-order chi connectivity index (χ1) is 9.85. The van der Waals surface area contributed by atoms with E-state index in [1.807, 2.05) is 30.5 Å². The van der Waals surface area contributed by atoms with Gasteiger partial charge in [-0.3, -0.25) is 0 Å². The molecule has 0 saturated carbocycles. The molecule has 20 heavy (non-hydrogen) atoms. The minimum absolute atomic E-state index is 0.678. The summed E-state index contributed by atoms with van der Waals surface area (Å²) in [5, 5.41) is 12.3. The molecule has 4 heteroatoms. The lowest BCUT2D eigenvalue weighted by atomic mass is 9.94. The highest BCUT2D eigenvalue weighted by Crippen LogP contribution is 2.21. The molecule has 102 valence electrons. The molecule has 0 bridgehead atoms. The van der Waals surface area contributed by atoms with Crippen LogP contribution in [0.3, 0.4) is 0 Å². The quantitative estimate of drug-likeness (QED) is 0.897. The third-order valence-electron chi connectivity index (χ3n) is 3.87. The molecule has 1 aromatic carbocycles. The summed E-state index contributed by atoms with van der Waals surface area (Å²) in [5.41, 5.74) is 2.69. The van der Waals surface area contributed by atoms with Gasteiger partial charge < -0.3 is 10.3 Å². The molecule has 1 fully saturated rings. The van der Waals surface area contributed by atoms with E-state index in [0.717, 1.165) is 42.5 Å². The predicted molar refractivity (Wildman–Crippen MR) is 78.0 cm³/mol. The summed E-state index contributed by atoms with van der Waals surface area (Å²) in [4.78, 5) is 7.87. The smallest absolute Gasteiger partial charge is 0.106 e. The number of hydrogen-bond acceptors (Lipinski definition) is 3. The molecule has 2 heterocycles. The number of nitrogens with one attached hydrogen (secondary N) is 2. The number of nitriles is 1. The zero-order valence-corrected chi connectivity index (χ0v) is 11.4. The van der Waals surface area contributed by atoms with Crippen LogP contribution >= 0.6 is 0 Å². The summed E-state index contributed by atoms with van der Waals surface area (Å²) >= 11 is 0. The van der Waals surface area contributed by atoms with E-state index >= 15 is 0 Å². The first-order valence-corrected chi connectivity index (χ1v) is 7.10. The molecule has 0 amide bonds. The first kappa shape index (κ1) is 12.9. The predicted octanol–water partition coefficient (Wildman–Crippen LogP) is 2.49. The minimum Gasteiger partial charge on any atom is -0.342 e. The van der Waals surface area contributed by atoms with Crippen LogP contribution in [0.2, 0.25) is 0 Å². The van der Waals surface area contributed by atoms with Gasteiger partial charge in [0, 0.05) is 12.0 Å². The van der Waals surface area contributed by atoms with Crippen molar-refractivity contribution in [3.05, 3.63) is 41.9 Å². The van der Waals surface area contributed by atoms with E-state index < -0.39 is 0 Å². The van der Waals surface area contributed by atoms with Gasteiger partial charge in [0.15, 0.2) is 0 Å². The van der Waals surface area contributed by atoms with Crippen LogP contribution in [0, 0.1) is 17.2 Å². The molecular formula is C16H18N4.